The number of amides is 2. The van der Waals surface area contributed by atoms with Gasteiger partial charge in [0.05, 0.1) is 0 Å². The van der Waals surface area contributed by atoms with E-state index < -0.39 is 23.3 Å². The van der Waals surface area contributed by atoms with Crippen molar-refractivity contribution in [1.29, 1.82) is 0 Å². The Bertz CT molecular complexity index is 537. The minimum Gasteiger partial charge on any atom is -0.480 e. The van der Waals surface area contributed by atoms with Crippen molar-refractivity contribution in [1.82, 2.24) is 5.32 Å². The van der Waals surface area contributed by atoms with Crippen LogP contribution in [0.2, 0.25) is 0 Å². The maximum atomic E-state index is 11.9. The molecule has 2 amide bonds. The molecule has 106 valence electrons. The molecule has 20 heavy (non-hydrogen) atoms. The molecule has 0 bridgehead atoms. The molecular weight excluding hydrogens is 260 g/mol. The van der Waals surface area contributed by atoms with E-state index in [-0.39, 0.29) is 5.91 Å². The number of nitrogens with one attached hydrogen (secondary N) is 2. The monoisotopic (exact) mass is 276 g/mol. The van der Waals surface area contributed by atoms with Crippen molar-refractivity contribution < 1.29 is 19.5 Å². The molecule has 1 aromatic rings. The van der Waals surface area contributed by atoms with E-state index in [1.165, 1.54) is 6.92 Å². The number of anilines is 1. The molecule has 1 saturated carbocycles. The van der Waals surface area contributed by atoms with Crippen molar-refractivity contribution in [2.45, 2.75) is 25.8 Å². The van der Waals surface area contributed by atoms with Gasteiger partial charge in [0, 0.05) is 5.69 Å². The van der Waals surface area contributed by atoms with Crippen molar-refractivity contribution >= 4 is 23.5 Å². The Hall–Kier alpha value is -2.37. The fraction of sp³-hybridized carbons (Fsp3) is 0.357. The molecular formula is C14H16N2O4. The van der Waals surface area contributed by atoms with Gasteiger partial charge in [0.25, 0.3) is 0 Å². The Morgan fingerprint density at radius 2 is 1.80 bits per heavy atom. The van der Waals surface area contributed by atoms with Crippen molar-refractivity contribution in [3.63, 3.8) is 0 Å². The first-order valence-electron chi connectivity index (χ1n) is 6.36. The molecule has 0 heterocycles. The first-order valence-corrected chi connectivity index (χ1v) is 6.36. The van der Waals surface area contributed by atoms with Crippen LogP contribution in [-0.2, 0) is 14.4 Å². The van der Waals surface area contributed by atoms with Crippen LogP contribution in [0.5, 0.6) is 0 Å². The molecule has 1 aliphatic rings. The minimum atomic E-state index is -1.33. The Labute approximate surface area is 116 Å². The lowest BCUT2D eigenvalue weighted by Gasteiger charge is -2.16. The lowest BCUT2D eigenvalue weighted by atomic mass is 10.1. The minimum absolute atomic E-state index is 0.321. The second-order valence-electron chi connectivity index (χ2n) is 4.94. The third-order valence-electron chi connectivity index (χ3n) is 3.38. The number of carboxylic acid groups (broad SMARTS) is 1. The molecule has 1 fully saturated rings. The molecule has 0 spiro atoms. The number of carbonyl (C=O) groups is 3. The molecule has 1 aromatic carbocycles. The van der Waals surface area contributed by atoms with E-state index in [0.29, 0.717) is 18.5 Å². The Morgan fingerprint density at radius 1 is 1.20 bits per heavy atom. The largest absolute Gasteiger partial charge is 0.480 e. The SMILES string of the molecule is CC(NC(=O)C1(C(=O)O)CC1)C(=O)Nc1ccccc1. The normalized spacial score (nSPS) is 16.9. The maximum Gasteiger partial charge on any atom is 0.319 e. The number of hydrogen-bond acceptors (Lipinski definition) is 3. The van der Waals surface area contributed by atoms with Gasteiger partial charge in [0.2, 0.25) is 11.8 Å². The predicted molar refractivity (Wildman–Crippen MR) is 72.0 cm³/mol. The lowest BCUT2D eigenvalue weighted by molar-refractivity contribution is -0.149. The summed E-state index contributed by atoms with van der Waals surface area (Å²) in [5.41, 5.74) is -0.709. The molecule has 0 aliphatic heterocycles. The molecule has 0 radical (unpaired) electrons. The van der Waals surface area contributed by atoms with Crippen LogP contribution >= 0.6 is 0 Å². The van der Waals surface area contributed by atoms with Crippen molar-refractivity contribution in [2.75, 3.05) is 5.32 Å². The number of hydrogen-bond donors (Lipinski definition) is 3. The standard InChI is InChI=1S/C14H16N2O4/c1-9(11(17)16-10-5-3-2-4-6-10)15-12(18)14(7-8-14)13(19)20/h2-6,9H,7-8H2,1H3,(H,15,18)(H,16,17)(H,19,20). The second-order valence-corrected chi connectivity index (χ2v) is 4.94. The van der Waals surface area contributed by atoms with E-state index >= 15 is 0 Å². The summed E-state index contributed by atoms with van der Waals surface area (Å²) in [5.74, 6) is -2.11. The van der Waals surface area contributed by atoms with Crippen LogP contribution in [-0.4, -0.2) is 28.9 Å². The number of carbonyl (C=O) groups excluding carboxylic acids is 2. The van der Waals surface area contributed by atoms with E-state index in [4.69, 9.17) is 5.11 Å². The predicted octanol–water partition coefficient (Wildman–Crippen LogP) is 0.995. The summed E-state index contributed by atoms with van der Waals surface area (Å²) in [4.78, 5) is 34.8. The summed E-state index contributed by atoms with van der Waals surface area (Å²) in [6, 6.07) is 8.05. The lowest BCUT2D eigenvalue weighted by Crippen LogP contribution is -2.46. The topological polar surface area (TPSA) is 95.5 Å². The van der Waals surface area contributed by atoms with Crippen molar-refractivity contribution in [2.24, 2.45) is 5.41 Å². The summed E-state index contributed by atoms with van der Waals surface area (Å²) < 4.78 is 0. The molecule has 3 N–H and O–H groups in total. The number of rotatable bonds is 5. The van der Waals surface area contributed by atoms with Crippen LogP contribution in [0, 0.1) is 5.41 Å². The van der Waals surface area contributed by atoms with Gasteiger partial charge >= 0.3 is 5.97 Å². The first kappa shape index (κ1) is 14.0. The summed E-state index contributed by atoms with van der Waals surface area (Å²) in [6.45, 7) is 1.52. The van der Waals surface area contributed by atoms with Gasteiger partial charge in [-0.25, -0.2) is 0 Å². The van der Waals surface area contributed by atoms with E-state index in [2.05, 4.69) is 10.6 Å². The summed E-state index contributed by atoms with van der Waals surface area (Å²) in [5, 5.41) is 14.1. The fourth-order valence-corrected chi connectivity index (χ4v) is 1.84. The van der Waals surface area contributed by atoms with Gasteiger partial charge in [-0.2, -0.15) is 0 Å². The van der Waals surface area contributed by atoms with Gasteiger partial charge < -0.3 is 15.7 Å². The molecule has 6 nitrogen and oxygen atoms in total. The summed E-state index contributed by atoms with van der Waals surface area (Å²) >= 11 is 0. The van der Waals surface area contributed by atoms with Crippen LogP contribution in [0.1, 0.15) is 19.8 Å². The van der Waals surface area contributed by atoms with Crippen LogP contribution in [0.4, 0.5) is 5.69 Å². The van der Waals surface area contributed by atoms with Gasteiger partial charge in [-0.3, -0.25) is 14.4 Å². The molecule has 0 aromatic heterocycles. The quantitative estimate of drug-likeness (QED) is 0.699. The zero-order valence-electron chi connectivity index (χ0n) is 11.1. The summed E-state index contributed by atoms with van der Waals surface area (Å²) in [6.07, 6.45) is 0.641. The van der Waals surface area contributed by atoms with Crippen LogP contribution in [0.15, 0.2) is 30.3 Å². The van der Waals surface area contributed by atoms with Crippen molar-refractivity contribution in [3.05, 3.63) is 30.3 Å². The van der Waals surface area contributed by atoms with Crippen LogP contribution in [0.3, 0.4) is 0 Å². The molecule has 1 atom stereocenters. The maximum absolute atomic E-state index is 11.9. The van der Waals surface area contributed by atoms with Gasteiger partial charge in [-0.1, -0.05) is 18.2 Å². The second kappa shape index (κ2) is 5.32. The van der Waals surface area contributed by atoms with E-state index in [1.54, 1.807) is 24.3 Å². The highest BCUT2D eigenvalue weighted by Gasteiger charge is 2.57. The zero-order valence-corrected chi connectivity index (χ0v) is 11.1. The van der Waals surface area contributed by atoms with Gasteiger partial charge in [0.15, 0.2) is 0 Å². The van der Waals surface area contributed by atoms with Gasteiger partial charge in [0.1, 0.15) is 11.5 Å². The highest BCUT2D eigenvalue weighted by atomic mass is 16.4. The Morgan fingerprint density at radius 3 is 2.30 bits per heavy atom. The number of benzene rings is 1. The molecule has 6 heteroatoms. The smallest absolute Gasteiger partial charge is 0.319 e. The van der Waals surface area contributed by atoms with Crippen molar-refractivity contribution in [3.8, 4) is 0 Å². The third-order valence-corrected chi connectivity index (χ3v) is 3.38. The van der Waals surface area contributed by atoms with E-state index in [9.17, 15) is 14.4 Å². The molecule has 0 saturated heterocycles. The van der Waals surface area contributed by atoms with Crippen LogP contribution in [0.25, 0.3) is 0 Å². The van der Waals surface area contributed by atoms with E-state index in [0.717, 1.165) is 0 Å². The zero-order chi connectivity index (χ0) is 14.8. The molecule has 1 unspecified atom stereocenters. The van der Waals surface area contributed by atoms with Crippen LogP contribution < -0.4 is 10.6 Å². The highest BCUT2D eigenvalue weighted by Crippen LogP contribution is 2.46. The summed E-state index contributed by atoms with van der Waals surface area (Å²) in [7, 11) is 0. The first-order chi connectivity index (χ1) is 9.45. The Kier molecular flexibility index (Phi) is 3.74. The van der Waals surface area contributed by atoms with E-state index in [1.807, 2.05) is 6.07 Å². The highest BCUT2D eigenvalue weighted by molar-refractivity contribution is 6.06. The fourth-order valence-electron chi connectivity index (χ4n) is 1.84. The van der Waals surface area contributed by atoms with Gasteiger partial charge in [-0.05, 0) is 31.9 Å². The van der Waals surface area contributed by atoms with Gasteiger partial charge in [-0.15, -0.1) is 0 Å². The number of carboxylic acids is 1. The number of para-hydroxylation sites is 1. The average Bonchev–Trinajstić information content (AvgIpc) is 3.21. The number of aliphatic carboxylic acids is 1. The molecule has 1 aliphatic carbocycles. The molecule has 2 rings (SSSR count). The third kappa shape index (κ3) is 2.79. The average molecular weight is 276 g/mol. The Balaban J connectivity index is 1.92.